The quantitative estimate of drug-likeness (QED) is 0.617. The molecule has 1 unspecified atom stereocenters. The van der Waals surface area contributed by atoms with Crippen molar-refractivity contribution in [3.63, 3.8) is 0 Å². The van der Waals surface area contributed by atoms with E-state index in [4.69, 9.17) is 28.3 Å². The Hall–Kier alpha value is -2.42. The molecule has 0 fully saturated rings. The minimum absolute atomic E-state index is 0.000492. The van der Waals surface area contributed by atoms with Crippen LogP contribution in [0.5, 0.6) is 0 Å². The molecule has 0 amide bonds. The van der Waals surface area contributed by atoms with Crippen molar-refractivity contribution >= 4 is 44.7 Å². The van der Waals surface area contributed by atoms with Gasteiger partial charge in [-0.25, -0.2) is 18.5 Å². The lowest BCUT2D eigenvalue weighted by atomic mass is 10.0. The van der Waals surface area contributed by atoms with Crippen molar-refractivity contribution in [2.24, 2.45) is 10.1 Å². The third-order valence-electron chi connectivity index (χ3n) is 4.79. The molecular formula is C21H17Cl2N3O3S. The van der Waals surface area contributed by atoms with E-state index >= 15 is 0 Å². The lowest BCUT2D eigenvalue weighted by Gasteiger charge is -2.25. The number of halogens is 2. The standard InChI is InChI=1S/C21H17Cl2N3O3S/c22-16-6-4-14(5-7-16)20-25-21(27,15-2-1-3-17(23)12-15)13-26(20)18-8-10-19(11-9-18)30(24,28)29/h1-12,27H,13H2,(H2,24,28,29). The number of nitrogens with two attached hydrogens (primary N) is 1. The van der Waals surface area contributed by atoms with E-state index in [1.54, 1.807) is 65.6 Å². The summed E-state index contributed by atoms with van der Waals surface area (Å²) in [5.41, 5.74) is 0.394. The first-order valence-corrected chi connectivity index (χ1v) is 11.2. The normalized spacial score (nSPS) is 19.1. The molecule has 154 valence electrons. The van der Waals surface area contributed by atoms with E-state index in [9.17, 15) is 13.5 Å². The number of aliphatic hydroxyl groups is 1. The number of rotatable bonds is 4. The molecule has 1 atom stereocenters. The van der Waals surface area contributed by atoms with Gasteiger partial charge in [0.2, 0.25) is 15.7 Å². The zero-order valence-corrected chi connectivity index (χ0v) is 17.9. The Labute approximate surface area is 184 Å². The van der Waals surface area contributed by atoms with E-state index in [0.717, 1.165) is 5.56 Å². The van der Waals surface area contributed by atoms with Gasteiger partial charge in [0.15, 0.2) is 0 Å². The molecule has 1 aliphatic heterocycles. The van der Waals surface area contributed by atoms with E-state index in [1.807, 2.05) is 0 Å². The largest absolute Gasteiger partial charge is 0.364 e. The molecule has 0 spiro atoms. The van der Waals surface area contributed by atoms with E-state index in [0.29, 0.717) is 27.1 Å². The van der Waals surface area contributed by atoms with Crippen LogP contribution in [-0.2, 0) is 15.7 Å². The third kappa shape index (κ3) is 4.08. The molecule has 4 rings (SSSR count). The fourth-order valence-electron chi connectivity index (χ4n) is 3.31. The Kier molecular flexibility index (Phi) is 5.34. The fraction of sp³-hybridized carbons (Fsp3) is 0.0952. The van der Waals surface area contributed by atoms with Crippen LogP contribution in [0.4, 0.5) is 5.69 Å². The minimum atomic E-state index is -3.81. The first kappa shape index (κ1) is 20.8. The molecule has 0 saturated heterocycles. The molecule has 0 aromatic heterocycles. The van der Waals surface area contributed by atoms with E-state index < -0.39 is 15.7 Å². The van der Waals surface area contributed by atoms with Gasteiger partial charge in [-0.2, -0.15) is 0 Å². The summed E-state index contributed by atoms with van der Waals surface area (Å²) in [7, 11) is -3.81. The van der Waals surface area contributed by atoms with Crippen molar-refractivity contribution in [2.45, 2.75) is 10.6 Å². The van der Waals surface area contributed by atoms with Crippen LogP contribution in [0, 0.1) is 0 Å². The summed E-state index contributed by atoms with van der Waals surface area (Å²) in [6.07, 6.45) is 0. The second-order valence-corrected chi connectivity index (χ2v) is 9.33. The number of amidine groups is 1. The number of nitrogens with zero attached hydrogens (tertiary/aromatic N) is 2. The predicted octanol–water partition coefficient (Wildman–Crippen LogP) is 3.75. The van der Waals surface area contributed by atoms with E-state index in [1.165, 1.54) is 12.1 Å². The number of hydrogen-bond donors (Lipinski definition) is 2. The topological polar surface area (TPSA) is 96.0 Å². The maximum atomic E-state index is 11.6. The van der Waals surface area contributed by atoms with Crippen LogP contribution in [-0.4, -0.2) is 25.9 Å². The summed E-state index contributed by atoms with van der Waals surface area (Å²) in [5, 5.41) is 17.6. The van der Waals surface area contributed by atoms with Gasteiger partial charge < -0.3 is 10.0 Å². The number of benzene rings is 3. The lowest BCUT2D eigenvalue weighted by Crippen LogP contribution is -2.34. The Morgan fingerprint density at radius 3 is 2.23 bits per heavy atom. The van der Waals surface area contributed by atoms with Crippen molar-refractivity contribution in [1.82, 2.24) is 0 Å². The van der Waals surface area contributed by atoms with Gasteiger partial charge in [0, 0.05) is 26.9 Å². The molecular weight excluding hydrogens is 445 g/mol. The molecule has 9 heteroatoms. The number of β-amino-alcohol motifs (C(OH)–C–C–N with tert-alkyl or cyclic N) is 1. The highest BCUT2D eigenvalue weighted by molar-refractivity contribution is 7.89. The van der Waals surface area contributed by atoms with Crippen LogP contribution in [0.3, 0.4) is 0 Å². The van der Waals surface area contributed by atoms with Gasteiger partial charge in [0.25, 0.3) is 0 Å². The Balaban J connectivity index is 1.80. The van der Waals surface area contributed by atoms with Gasteiger partial charge >= 0.3 is 0 Å². The van der Waals surface area contributed by atoms with Gasteiger partial charge in [-0.15, -0.1) is 0 Å². The molecule has 1 aliphatic rings. The van der Waals surface area contributed by atoms with Gasteiger partial charge in [-0.05, 0) is 60.7 Å². The van der Waals surface area contributed by atoms with Crippen LogP contribution >= 0.6 is 23.2 Å². The molecule has 6 nitrogen and oxygen atoms in total. The first-order chi connectivity index (χ1) is 14.2. The maximum absolute atomic E-state index is 11.6. The van der Waals surface area contributed by atoms with Crippen molar-refractivity contribution in [3.8, 4) is 0 Å². The monoisotopic (exact) mass is 461 g/mol. The number of primary sulfonamides is 1. The molecule has 1 heterocycles. The zero-order valence-electron chi connectivity index (χ0n) is 15.5. The van der Waals surface area contributed by atoms with Crippen LogP contribution < -0.4 is 10.0 Å². The molecule has 0 aliphatic carbocycles. The Bertz CT molecular complexity index is 1230. The SMILES string of the molecule is NS(=O)(=O)c1ccc(N2CC(O)(c3cccc(Cl)c3)N=C2c2ccc(Cl)cc2)cc1. The number of hydrogen-bond acceptors (Lipinski definition) is 5. The highest BCUT2D eigenvalue weighted by Crippen LogP contribution is 2.35. The number of aliphatic imine (C=N–C) groups is 1. The average Bonchev–Trinajstić information content (AvgIpc) is 3.07. The van der Waals surface area contributed by atoms with Crippen molar-refractivity contribution in [3.05, 3.63) is 94.0 Å². The van der Waals surface area contributed by atoms with Crippen LogP contribution in [0.2, 0.25) is 10.0 Å². The van der Waals surface area contributed by atoms with E-state index in [-0.39, 0.29) is 11.4 Å². The van der Waals surface area contributed by atoms with Gasteiger partial charge in [0.1, 0.15) is 5.84 Å². The van der Waals surface area contributed by atoms with Crippen molar-refractivity contribution in [1.29, 1.82) is 0 Å². The fourth-order valence-corrected chi connectivity index (χ4v) is 4.14. The molecule has 3 N–H and O–H groups in total. The maximum Gasteiger partial charge on any atom is 0.238 e. The smallest absolute Gasteiger partial charge is 0.238 e. The molecule has 3 aromatic rings. The van der Waals surface area contributed by atoms with Gasteiger partial charge in [0.05, 0.1) is 11.4 Å². The number of anilines is 1. The third-order valence-corrected chi connectivity index (χ3v) is 6.21. The van der Waals surface area contributed by atoms with E-state index in [2.05, 4.69) is 4.99 Å². The highest BCUT2D eigenvalue weighted by Gasteiger charge is 2.40. The molecule has 0 radical (unpaired) electrons. The van der Waals surface area contributed by atoms with Crippen LogP contribution in [0.1, 0.15) is 11.1 Å². The summed E-state index contributed by atoms with van der Waals surface area (Å²) in [5.74, 6) is 0.512. The predicted molar refractivity (Wildman–Crippen MR) is 118 cm³/mol. The van der Waals surface area contributed by atoms with Gasteiger partial charge in [-0.1, -0.05) is 35.3 Å². The Morgan fingerprint density at radius 1 is 0.967 bits per heavy atom. The highest BCUT2D eigenvalue weighted by atomic mass is 35.5. The summed E-state index contributed by atoms with van der Waals surface area (Å²) in [6.45, 7) is 0.111. The van der Waals surface area contributed by atoms with Gasteiger partial charge in [-0.3, -0.25) is 0 Å². The van der Waals surface area contributed by atoms with Crippen molar-refractivity contribution < 1.29 is 13.5 Å². The van der Waals surface area contributed by atoms with Crippen molar-refractivity contribution in [2.75, 3.05) is 11.4 Å². The molecule has 0 saturated carbocycles. The Morgan fingerprint density at radius 2 is 1.63 bits per heavy atom. The lowest BCUT2D eigenvalue weighted by molar-refractivity contribution is 0.0648. The summed E-state index contributed by atoms with van der Waals surface area (Å²) < 4.78 is 23.2. The molecule has 0 bridgehead atoms. The molecule has 30 heavy (non-hydrogen) atoms. The second kappa shape index (κ2) is 7.68. The summed E-state index contributed by atoms with van der Waals surface area (Å²) in [4.78, 5) is 6.42. The molecule has 3 aromatic carbocycles. The van der Waals surface area contributed by atoms with Crippen LogP contribution in [0.25, 0.3) is 0 Å². The minimum Gasteiger partial charge on any atom is -0.364 e. The average molecular weight is 462 g/mol. The summed E-state index contributed by atoms with van der Waals surface area (Å²) in [6, 6.07) is 20.0. The number of sulfonamides is 1. The first-order valence-electron chi connectivity index (χ1n) is 8.90. The zero-order chi connectivity index (χ0) is 21.5. The summed E-state index contributed by atoms with van der Waals surface area (Å²) >= 11 is 12.1. The second-order valence-electron chi connectivity index (χ2n) is 6.89. The van der Waals surface area contributed by atoms with Crippen LogP contribution in [0.15, 0.2) is 82.7 Å².